The highest BCUT2D eigenvalue weighted by Crippen LogP contribution is 2.24. The zero-order valence-corrected chi connectivity index (χ0v) is 10.6. The van der Waals surface area contributed by atoms with E-state index < -0.39 is 5.69 Å². The molecule has 0 aromatic carbocycles. The molecule has 0 saturated carbocycles. The first-order valence-corrected chi connectivity index (χ1v) is 6.21. The van der Waals surface area contributed by atoms with E-state index in [1.54, 1.807) is 0 Å². The highest BCUT2D eigenvalue weighted by atomic mass is 32.1. The number of aromatic nitrogens is 2. The third kappa shape index (κ3) is 1.94. The fourth-order valence-electron chi connectivity index (χ4n) is 1.80. The van der Waals surface area contributed by atoms with Crippen molar-refractivity contribution in [2.45, 2.75) is 26.8 Å². The fraction of sp³-hybridized carbons (Fsp3) is 0.455. The molecular weight excluding hydrogens is 240 g/mol. The van der Waals surface area contributed by atoms with E-state index in [4.69, 9.17) is 5.11 Å². The van der Waals surface area contributed by atoms with E-state index in [0.717, 1.165) is 15.0 Å². The van der Waals surface area contributed by atoms with Crippen LogP contribution in [0.25, 0.3) is 10.2 Å². The third-order valence-electron chi connectivity index (χ3n) is 2.85. The monoisotopic (exact) mass is 254 g/mol. The fourth-order valence-corrected chi connectivity index (χ4v) is 2.84. The van der Waals surface area contributed by atoms with Crippen LogP contribution in [0.4, 0.5) is 0 Å². The number of aromatic amines is 1. The number of hydrogen-bond acceptors (Lipinski definition) is 4. The molecular formula is C11H14N2O3S. The summed E-state index contributed by atoms with van der Waals surface area (Å²) in [6.07, 6.45) is 0.399. The molecule has 2 rings (SSSR count). The molecule has 6 heteroatoms. The standard InChI is InChI=1S/C11H14N2O3S/c1-6-7(2)17-9-8(6)10(15)13(4-3-5-14)11(16)12-9/h14H,3-5H2,1-2H3,(H,12,16). The van der Waals surface area contributed by atoms with Crippen molar-refractivity contribution < 1.29 is 5.11 Å². The molecule has 0 aliphatic heterocycles. The van der Waals surface area contributed by atoms with E-state index in [0.29, 0.717) is 16.6 Å². The molecule has 2 aromatic heterocycles. The smallest absolute Gasteiger partial charge is 0.329 e. The maximum atomic E-state index is 12.2. The normalized spacial score (nSPS) is 11.2. The zero-order valence-electron chi connectivity index (χ0n) is 9.74. The minimum atomic E-state index is -0.405. The summed E-state index contributed by atoms with van der Waals surface area (Å²) < 4.78 is 1.15. The highest BCUT2D eigenvalue weighted by Gasteiger charge is 2.13. The van der Waals surface area contributed by atoms with Crippen LogP contribution in [0, 0.1) is 13.8 Å². The lowest BCUT2D eigenvalue weighted by Gasteiger charge is -2.03. The molecule has 0 fully saturated rings. The van der Waals surface area contributed by atoms with Crippen LogP contribution in [0.3, 0.4) is 0 Å². The number of hydrogen-bond donors (Lipinski definition) is 2. The van der Waals surface area contributed by atoms with Gasteiger partial charge in [0.05, 0.1) is 5.39 Å². The summed E-state index contributed by atoms with van der Waals surface area (Å²) in [4.78, 5) is 28.3. The van der Waals surface area contributed by atoms with Gasteiger partial charge in [0.15, 0.2) is 0 Å². The Labute approximate surface area is 101 Å². The van der Waals surface area contributed by atoms with Crippen LogP contribution in [0.2, 0.25) is 0 Å². The second-order valence-electron chi connectivity index (χ2n) is 3.95. The number of thiophene rings is 1. The molecule has 0 spiro atoms. The minimum Gasteiger partial charge on any atom is -0.396 e. The molecule has 0 bridgehead atoms. The van der Waals surface area contributed by atoms with Crippen LogP contribution in [-0.2, 0) is 6.54 Å². The molecule has 5 nitrogen and oxygen atoms in total. The van der Waals surface area contributed by atoms with Crippen molar-refractivity contribution >= 4 is 21.6 Å². The van der Waals surface area contributed by atoms with Gasteiger partial charge in [-0.1, -0.05) is 0 Å². The van der Waals surface area contributed by atoms with Crippen LogP contribution in [-0.4, -0.2) is 21.3 Å². The van der Waals surface area contributed by atoms with Gasteiger partial charge in [-0.25, -0.2) is 4.79 Å². The highest BCUT2D eigenvalue weighted by molar-refractivity contribution is 7.18. The van der Waals surface area contributed by atoms with Crippen molar-refractivity contribution in [1.29, 1.82) is 0 Å². The average molecular weight is 254 g/mol. The first-order valence-electron chi connectivity index (χ1n) is 5.40. The van der Waals surface area contributed by atoms with E-state index in [2.05, 4.69) is 4.98 Å². The van der Waals surface area contributed by atoms with Crippen LogP contribution in [0.1, 0.15) is 16.9 Å². The maximum Gasteiger partial charge on any atom is 0.329 e. The van der Waals surface area contributed by atoms with Crippen LogP contribution < -0.4 is 11.2 Å². The van der Waals surface area contributed by atoms with Gasteiger partial charge in [-0.2, -0.15) is 0 Å². The van der Waals surface area contributed by atoms with E-state index in [1.165, 1.54) is 11.3 Å². The predicted octanol–water partition coefficient (Wildman–Crippen LogP) is 0.751. The Morgan fingerprint density at radius 1 is 1.35 bits per heavy atom. The van der Waals surface area contributed by atoms with Gasteiger partial charge in [0.1, 0.15) is 4.83 Å². The number of nitrogens with zero attached hydrogens (tertiary/aromatic N) is 1. The quantitative estimate of drug-likeness (QED) is 0.848. The predicted molar refractivity (Wildman–Crippen MR) is 67.9 cm³/mol. The summed E-state index contributed by atoms with van der Waals surface area (Å²) in [5.74, 6) is 0. The van der Waals surface area contributed by atoms with Gasteiger partial charge in [-0.05, 0) is 25.8 Å². The summed E-state index contributed by atoms with van der Waals surface area (Å²) in [5.41, 5.74) is 0.250. The van der Waals surface area contributed by atoms with Crippen LogP contribution in [0.5, 0.6) is 0 Å². The summed E-state index contributed by atoms with van der Waals surface area (Å²) in [6.45, 7) is 4.01. The molecule has 2 aromatic rings. The third-order valence-corrected chi connectivity index (χ3v) is 3.97. The number of aryl methyl sites for hydroxylation is 2. The van der Waals surface area contributed by atoms with E-state index in [9.17, 15) is 9.59 Å². The number of H-pyrrole nitrogens is 1. The largest absolute Gasteiger partial charge is 0.396 e. The average Bonchev–Trinajstić information content (AvgIpc) is 2.54. The number of rotatable bonds is 3. The van der Waals surface area contributed by atoms with Crippen LogP contribution in [0.15, 0.2) is 9.59 Å². The van der Waals surface area contributed by atoms with Gasteiger partial charge in [0.25, 0.3) is 5.56 Å². The van der Waals surface area contributed by atoms with E-state index in [1.807, 2.05) is 13.8 Å². The lowest BCUT2D eigenvalue weighted by Crippen LogP contribution is -2.35. The minimum absolute atomic E-state index is 0.0361. The number of nitrogens with one attached hydrogen (secondary N) is 1. The molecule has 0 unspecified atom stereocenters. The Hall–Kier alpha value is -1.40. The molecule has 0 aliphatic rings. The van der Waals surface area contributed by atoms with Crippen molar-refractivity contribution in [2.24, 2.45) is 0 Å². The molecule has 2 heterocycles. The Bertz CT molecular complexity index is 666. The van der Waals surface area contributed by atoms with E-state index in [-0.39, 0.29) is 18.7 Å². The lowest BCUT2D eigenvalue weighted by molar-refractivity contribution is 0.278. The zero-order chi connectivity index (χ0) is 12.6. The Morgan fingerprint density at radius 2 is 2.06 bits per heavy atom. The second kappa shape index (κ2) is 4.46. The summed E-state index contributed by atoms with van der Waals surface area (Å²) >= 11 is 1.42. The van der Waals surface area contributed by atoms with Gasteiger partial charge in [-0.15, -0.1) is 11.3 Å². The molecule has 0 radical (unpaired) electrons. The topological polar surface area (TPSA) is 75.1 Å². The summed E-state index contributed by atoms with van der Waals surface area (Å²) in [7, 11) is 0. The first-order chi connectivity index (χ1) is 8.06. The Kier molecular flexibility index (Phi) is 3.17. The summed E-state index contributed by atoms with van der Waals surface area (Å²) in [5, 5.41) is 9.34. The molecule has 0 saturated heterocycles. The molecule has 0 aliphatic carbocycles. The molecule has 92 valence electrons. The van der Waals surface area contributed by atoms with Crippen molar-refractivity contribution in [3.05, 3.63) is 31.3 Å². The second-order valence-corrected chi connectivity index (χ2v) is 5.18. The van der Waals surface area contributed by atoms with Gasteiger partial charge >= 0.3 is 5.69 Å². The Balaban J connectivity index is 2.74. The first kappa shape index (κ1) is 12.1. The number of aliphatic hydroxyl groups is 1. The van der Waals surface area contributed by atoms with Crippen LogP contribution >= 0.6 is 11.3 Å². The van der Waals surface area contributed by atoms with E-state index >= 15 is 0 Å². The maximum absolute atomic E-state index is 12.2. The SMILES string of the molecule is Cc1sc2[nH]c(=O)n(CCCO)c(=O)c2c1C. The molecule has 0 amide bonds. The Morgan fingerprint density at radius 3 is 2.71 bits per heavy atom. The van der Waals surface area contributed by atoms with Gasteiger partial charge in [0.2, 0.25) is 0 Å². The van der Waals surface area contributed by atoms with Gasteiger partial charge in [-0.3, -0.25) is 14.3 Å². The van der Waals surface area contributed by atoms with Crippen molar-refractivity contribution in [3.63, 3.8) is 0 Å². The summed E-state index contributed by atoms with van der Waals surface area (Å²) in [6, 6.07) is 0. The number of aliphatic hydroxyl groups excluding tert-OH is 1. The number of fused-ring (bicyclic) bond motifs is 1. The molecule has 2 N–H and O–H groups in total. The van der Waals surface area contributed by atoms with Gasteiger partial charge in [0, 0.05) is 18.0 Å². The van der Waals surface area contributed by atoms with Crippen molar-refractivity contribution in [2.75, 3.05) is 6.61 Å². The van der Waals surface area contributed by atoms with Crippen molar-refractivity contribution in [3.8, 4) is 0 Å². The molecule has 17 heavy (non-hydrogen) atoms. The van der Waals surface area contributed by atoms with Gasteiger partial charge < -0.3 is 5.11 Å². The molecule has 0 atom stereocenters. The van der Waals surface area contributed by atoms with Crippen molar-refractivity contribution in [1.82, 2.24) is 9.55 Å². The lowest BCUT2D eigenvalue weighted by atomic mass is 10.2.